The first-order valence-corrected chi connectivity index (χ1v) is 6.23. The zero-order valence-corrected chi connectivity index (χ0v) is 10.9. The molecule has 1 atom stereocenters. The lowest BCUT2D eigenvalue weighted by Crippen LogP contribution is -2.47. The van der Waals surface area contributed by atoms with E-state index in [1.165, 1.54) is 6.07 Å². The molecular weight excluding hydrogens is 257 g/mol. The summed E-state index contributed by atoms with van der Waals surface area (Å²) < 4.78 is 13.1. The molecule has 5 heteroatoms. The molecule has 1 heterocycles. The van der Waals surface area contributed by atoms with Crippen molar-refractivity contribution in [2.75, 3.05) is 6.54 Å². The van der Waals surface area contributed by atoms with Crippen molar-refractivity contribution in [3.8, 4) is 0 Å². The van der Waals surface area contributed by atoms with Gasteiger partial charge in [0.05, 0.1) is 5.02 Å². The largest absolute Gasteiger partial charge is 0.480 e. The van der Waals surface area contributed by atoms with Gasteiger partial charge >= 0.3 is 5.97 Å². The molecule has 1 unspecified atom stereocenters. The summed E-state index contributed by atoms with van der Waals surface area (Å²) in [5, 5.41) is 9.36. The van der Waals surface area contributed by atoms with Gasteiger partial charge in [-0.25, -0.2) is 4.39 Å². The first kappa shape index (κ1) is 13.3. The predicted molar refractivity (Wildman–Crippen MR) is 67.1 cm³/mol. The summed E-state index contributed by atoms with van der Waals surface area (Å²) in [6.07, 6.45) is 1.50. The summed E-state index contributed by atoms with van der Waals surface area (Å²) in [6, 6.07) is 4.51. The third kappa shape index (κ3) is 2.35. The van der Waals surface area contributed by atoms with Crippen molar-refractivity contribution >= 4 is 17.6 Å². The number of benzene rings is 1. The zero-order chi connectivity index (χ0) is 13.3. The number of hydrogen-bond donors (Lipinski definition) is 1. The number of carbonyl (C=O) groups is 1. The normalized spacial score (nSPS) is 24.4. The van der Waals surface area contributed by atoms with Gasteiger partial charge in [-0.2, -0.15) is 0 Å². The van der Waals surface area contributed by atoms with Gasteiger partial charge in [-0.1, -0.05) is 17.7 Å². The lowest BCUT2D eigenvalue weighted by Gasteiger charge is -2.31. The van der Waals surface area contributed by atoms with Crippen LogP contribution in [0.25, 0.3) is 0 Å². The molecule has 1 fully saturated rings. The summed E-state index contributed by atoms with van der Waals surface area (Å²) in [5.41, 5.74) is -0.00306. The van der Waals surface area contributed by atoms with Gasteiger partial charge in [-0.15, -0.1) is 0 Å². The first-order valence-electron chi connectivity index (χ1n) is 5.86. The number of nitrogens with zero attached hydrogens (tertiary/aromatic N) is 1. The Morgan fingerprint density at radius 2 is 2.33 bits per heavy atom. The number of likely N-dealkylation sites (tertiary alicyclic amines) is 1. The van der Waals surface area contributed by atoms with Gasteiger partial charge in [0.15, 0.2) is 0 Å². The van der Waals surface area contributed by atoms with Crippen molar-refractivity contribution in [2.45, 2.75) is 31.8 Å². The predicted octanol–water partition coefficient (Wildman–Crippen LogP) is 2.92. The Bertz CT molecular complexity index is 480. The van der Waals surface area contributed by atoms with Crippen LogP contribution < -0.4 is 0 Å². The Morgan fingerprint density at radius 1 is 1.61 bits per heavy atom. The monoisotopic (exact) mass is 271 g/mol. The van der Waals surface area contributed by atoms with Crippen LogP contribution in [0.1, 0.15) is 25.3 Å². The molecule has 1 saturated heterocycles. The van der Waals surface area contributed by atoms with Crippen molar-refractivity contribution in [1.82, 2.24) is 4.90 Å². The molecule has 18 heavy (non-hydrogen) atoms. The minimum Gasteiger partial charge on any atom is -0.480 e. The lowest BCUT2D eigenvalue weighted by atomic mass is 9.99. The van der Waals surface area contributed by atoms with Crippen LogP contribution in [0.4, 0.5) is 4.39 Å². The Labute approximate surface area is 110 Å². The van der Waals surface area contributed by atoms with Gasteiger partial charge < -0.3 is 5.11 Å². The highest BCUT2D eigenvalue weighted by atomic mass is 35.5. The fourth-order valence-electron chi connectivity index (χ4n) is 2.37. The minimum atomic E-state index is -0.832. The molecule has 1 aliphatic rings. The Balaban J connectivity index is 2.18. The van der Waals surface area contributed by atoms with Crippen molar-refractivity contribution in [2.24, 2.45) is 0 Å². The number of hydrogen-bond acceptors (Lipinski definition) is 2. The second-order valence-corrected chi connectivity index (χ2v) is 5.26. The van der Waals surface area contributed by atoms with Crippen LogP contribution in [0.2, 0.25) is 5.02 Å². The average molecular weight is 272 g/mol. The third-order valence-corrected chi connectivity index (χ3v) is 3.90. The topological polar surface area (TPSA) is 40.5 Å². The van der Waals surface area contributed by atoms with Crippen molar-refractivity contribution in [3.05, 3.63) is 34.6 Å². The number of carboxylic acid groups (broad SMARTS) is 1. The second kappa shape index (κ2) is 4.86. The summed E-state index contributed by atoms with van der Waals surface area (Å²) in [5.74, 6) is -1.27. The smallest absolute Gasteiger partial charge is 0.323 e. The van der Waals surface area contributed by atoms with Gasteiger partial charge in [-0.3, -0.25) is 9.69 Å². The van der Waals surface area contributed by atoms with E-state index in [1.807, 2.05) is 4.90 Å². The Kier molecular flexibility index (Phi) is 3.59. The lowest BCUT2D eigenvalue weighted by molar-refractivity contribution is -0.148. The summed E-state index contributed by atoms with van der Waals surface area (Å²) in [7, 11) is 0. The molecule has 2 rings (SSSR count). The first-order chi connectivity index (χ1) is 8.43. The molecule has 0 aliphatic carbocycles. The van der Waals surface area contributed by atoms with E-state index in [9.17, 15) is 14.3 Å². The molecule has 3 nitrogen and oxygen atoms in total. The number of rotatable bonds is 3. The highest BCUT2D eigenvalue weighted by molar-refractivity contribution is 6.30. The van der Waals surface area contributed by atoms with E-state index in [0.29, 0.717) is 13.0 Å². The number of halogens is 2. The van der Waals surface area contributed by atoms with E-state index < -0.39 is 17.3 Å². The maximum absolute atomic E-state index is 13.1. The molecule has 0 amide bonds. The highest BCUT2D eigenvalue weighted by Gasteiger charge is 2.43. The van der Waals surface area contributed by atoms with E-state index in [2.05, 4.69) is 0 Å². The van der Waals surface area contributed by atoms with Crippen LogP contribution in [0.3, 0.4) is 0 Å². The quantitative estimate of drug-likeness (QED) is 0.919. The molecule has 1 aliphatic heterocycles. The molecule has 1 aromatic carbocycles. The van der Waals surface area contributed by atoms with E-state index in [0.717, 1.165) is 18.5 Å². The Hall–Kier alpha value is -1.13. The van der Waals surface area contributed by atoms with Gasteiger partial charge in [0.1, 0.15) is 11.4 Å². The van der Waals surface area contributed by atoms with Gasteiger partial charge in [0.25, 0.3) is 0 Å². The van der Waals surface area contributed by atoms with Crippen LogP contribution in [-0.2, 0) is 11.3 Å². The number of carboxylic acids is 1. The standard InChI is InChI=1S/C13H15ClFNO2/c1-13(12(17)18)5-2-6-16(13)8-9-3-4-11(15)10(14)7-9/h3-4,7H,2,5-6,8H2,1H3,(H,17,18). The SMILES string of the molecule is CC1(C(=O)O)CCCN1Cc1ccc(F)c(Cl)c1. The maximum Gasteiger partial charge on any atom is 0.323 e. The van der Waals surface area contributed by atoms with Crippen LogP contribution in [-0.4, -0.2) is 28.1 Å². The van der Waals surface area contributed by atoms with Gasteiger partial charge in [0, 0.05) is 6.54 Å². The molecule has 1 N–H and O–H groups in total. The van der Waals surface area contributed by atoms with Crippen molar-refractivity contribution in [1.29, 1.82) is 0 Å². The Morgan fingerprint density at radius 3 is 2.94 bits per heavy atom. The average Bonchev–Trinajstić information content (AvgIpc) is 2.67. The van der Waals surface area contributed by atoms with Crippen molar-refractivity contribution < 1.29 is 14.3 Å². The zero-order valence-electron chi connectivity index (χ0n) is 10.1. The highest BCUT2D eigenvalue weighted by Crippen LogP contribution is 2.31. The summed E-state index contributed by atoms with van der Waals surface area (Å²) in [4.78, 5) is 13.2. The molecule has 0 saturated carbocycles. The third-order valence-electron chi connectivity index (χ3n) is 3.61. The fourth-order valence-corrected chi connectivity index (χ4v) is 2.58. The molecular formula is C13H15ClFNO2. The van der Waals surface area contributed by atoms with E-state index in [4.69, 9.17) is 11.6 Å². The van der Waals surface area contributed by atoms with Crippen LogP contribution in [0.5, 0.6) is 0 Å². The van der Waals surface area contributed by atoms with E-state index in [-0.39, 0.29) is 5.02 Å². The molecule has 0 radical (unpaired) electrons. The molecule has 0 bridgehead atoms. The van der Waals surface area contributed by atoms with Gasteiger partial charge in [-0.05, 0) is 44.0 Å². The summed E-state index contributed by atoms with van der Waals surface area (Å²) >= 11 is 5.72. The van der Waals surface area contributed by atoms with Crippen molar-refractivity contribution in [3.63, 3.8) is 0 Å². The number of aliphatic carboxylic acids is 1. The van der Waals surface area contributed by atoms with Crippen LogP contribution >= 0.6 is 11.6 Å². The second-order valence-electron chi connectivity index (χ2n) is 4.85. The van der Waals surface area contributed by atoms with E-state index in [1.54, 1.807) is 19.1 Å². The van der Waals surface area contributed by atoms with E-state index >= 15 is 0 Å². The minimum absolute atomic E-state index is 0.0729. The molecule has 0 aromatic heterocycles. The molecule has 0 spiro atoms. The summed E-state index contributed by atoms with van der Waals surface area (Å²) in [6.45, 7) is 2.94. The van der Waals surface area contributed by atoms with Crippen LogP contribution in [0.15, 0.2) is 18.2 Å². The van der Waals surface area contributed by atoms with Crippen LogP contribution in [0, 0.1) is 5.82 Å². The molecule has 98 valence electrons. The maximum atomic E-state index is 13.1. The fraction of sp³-hybridized carbons (Fsp3) is 0.462. The molecule has 1 aromatic rings. The van der Waals surface area contributed by atoms with Gasteiger partial charge in [0.2, 0.25) is 0 Å².